The van der Waals surface area contributed by atoms with E-state index in [1.807, 2.05) is 42.2 Å². The lowest BCUT2D eigenvalue weighted by Crippen LogP contribution is -2.47. The number of piperazine rings is 1. The molecular formula is C24H29N3O3. The molecule has 6 nitrogen and oxygen atoms in total. The Balaban J connectivity index is 1.68. The summed E-state index contributed by atoms with van der Waals surface area (Å²) in [6.45, 7) is 7.30. The van der Waals surface area contributed by atoms with Crippen molar-refractivity contribution >= 4 is 17.5 Å². The van der Waals surface area contributed by atoms with Gasteiger partial charge in [0.15, 0.2) is 0 Å². The summed E-state index contributed by atoms with van der Waals surface area (Å²) in [6.07, 6.45) is 0.289. The molecule has 0 bridgehead atoms. The topological polar surface area (TPSA) is 53.1 Å². The molecule has 0 saturated carbocycles. The van der Waals surface area contributed by atoms with Crippen molar-refractivity contribution in [3.8, 4) is 5.75 Å². The standard InChI is InChI=1S/C24H29N3O3/c1-16-13-20-21(14-17(16)2)24(29)27(18-5-7-19(30-4)8-6-18)22(20)15-23(28)26-11-9-25(3)10-12-26/h5-8,13-14,22H,9-12,15H2,1-4H3. The summed E-state index contributed by atoms with van der Waals surface area (Å²) < 4.78 is 5.26. The third-order valence-electron chi connectivity index (χ3n) is 6.36. The molecule has 158 valence electrons. The number of fused-ring (bicyclic) bond motifs is 1. The monoisotopic (exact) mass is 407 g/mol. The number of ether oxygens (including phenoxy) is 1. The minimum atomic E-state index is -0.299. The van der Waals surface area contributed by atoms with Crippen LogP contribution in [0.2, 0.25) is 0 Å². The maximum Gasteiger partial charge on any atom is 0.259 e. The molecule has 1 fully saturated rings. The number of amides is 2. The Labute approximate surface area is 178 Å². The summed E-state index contributed by atoms with van der Waals surface area (Å²) in [4.78, 5) is 32.5. The highest BCUT2D eigenvalue weighted by Gasteiger charge is 2.40. The molecule has 2 aliphatic heterocycles. The molecule has 2 heterocycles. The summed E-state index contributed by atoms with van der Waals surface area (Å²) >= 11 is 0. The Morgan fingerprint density at radius 1 is 1.03 bits per heavy atom. The van der Waals surface area contributed by atoms with E-state index >= 15 is 0 Å². The zero-order valence-electron chi connectivity index (χ0n) is 18.1. The molecule has 2 aliphatic rings. The molecule has 0 aromatic heterocycles. The molecule has 4 rings (SSSR count). The van der Waals surface area contributed by atoms with Crippen LogP contribution in [0.4, 0.5) is 5.69 Å². The average Bonchev–Trinajstić information content (AvgIpc) is 3.00. The summed E-state index contributed by atoms with van der Waals surface area (Å²) in [5.74, 6) is 0.791. The second-order valence-corrected chi connectivity index (χ2v) is 8.30. The molecule has 6 heteroatoms. The zero-order chi connectivity index (χ0) is 21.4. The molecule has 2 aromatic carbocycles. The summed E-state index contributed by atoms with van der Waals surface area (Å²) in [5.41, 5.74) is 4.65. The predicted molar refractivity (Wildman–Crippen MR) is 117 cm³/mol. The number of likely N-dealkylation sites (N-methyl/N-ethyl adjacent to an activating group) is 1. The van der Waals surface area contributed by atoms with Crippen LogP contribution in [0.5, 0.6) is 5.75 Å². The van der Waals surface area contributed by atoms with E-state index < -0.39 is 0 Å². The zero-order valence-corrected chi connectivity index (χ0v) is 18.1. The van der Waals surface area contributed by atoms with Crippen molar-refractivity contribution in [1.29, 1.82) is 0 Å². The average molecular weight is 408 g/mol. The maximum atomic E-state index is 13.4. The molecule has 30 heavy (non-hydrogen) atoms. The molecule has 0 N–H and O–H groups in total. The van der Waals surface area contributed by atoms with Gasteiger partial charge in [0.05, 0.1) is 19.6 Å². The van der Waals surface area contributed by atoms with Crippen LogP contribution in [0.15, 0.2) is 36.4 Å². The van der Waals surface area contributed by atoms with Gasteiger partial charge in [-0.2, -0.15) is 0 Å². The fourth-order valence-electron chi connectivity index (χ4n) is 4.30. The number of carbonyl (C=O) groups is 2. The van der Waals surface area contributed by atoms with E-state index in [-0.39, 0.29) is 24.3 Å². The molecule has 2 amide bonds. The van der Waals surface area contributed by atoms with Crippen molar-refractivity contribution in [3.63, 3.8) is 0 Å². The van der Waals surface area contributed by atoms with Gasteiger partial charge in [0.25, 0.3) is 5.91 Å². The Bertz CT molecular complexity index is 962. The van der Waals surface area contributed by atoms with E-state index in [0.717, 1.165) is 54.3 Å². The predicted octanol–water partition coefficient (Wildman–Crippen LogP) is 3.18. The Kier molecular flexibility index (Phi) is 5.52. The number of hydrogen-bond acceptors (Lipinski definition) is 4. The first-order valence-electron chi connectivity index (χ1n) is 10.4. The number of methoxy groups -OCH3 is 1. The van der Waals surface area contributed by atoms with Crippen molar-refractivity contribution in [3.05, 3.63) is 58.7 Å². The van der Waals surface area contributed by atoms with Gasteiger partial charge in [-0.3, -0.25) is 9.59 Å². The number of rotatable bonds is 4. The van der Waals surface area contributed by atoms with E-state index in [1.54, 1.807) is 12.0 Å². The summed E-state index contributed by atoms with van der Waals surface area (Å²) in [7, 11) is 3.69. The normalized spacial score (nSPS) is 19.2. The highest BCUT2D eigenvalue weighted by Crippen LogP contribution is 2.41. The molecule has 1 unspecified atom stereocenters. The van der Waals surface area contributed by atoms with Crippen LogP contribution in [-0.2, 0) is 4.79 Å². The lowest BCUT2D eigenvalue weighted by atomic mass is 9.96. The largest absolute Gasteiger partial charge is 0.497 e. The molecule has 0 radical (unpaired) electrons. The van der Waals surface area contributed by atoms with Gasteiger partial charge in [-0.05, 0) is 67.9 Å². The van der Waals surface area contributed by atoms with Gasteiger partial charge in [-0.15, -0.1) is 0 Å². The number of nitrogens with zero attached hydrogens (tertiary/aromatic N) is 3. The third-order valence-corrected chi connectivity index (χ3v) is 6.36. The lowest BCUT2D eigenvalue weighted by Gasteiger charge is -2.34. The van der Waals surface area contributed by atoms with Gasteiger partial charge in [-0.1, -0.05) is 6.07 Å². The molecule has 1 atom stereocenters. The number of aryl methyl sites for hydroxylation is 2. The van der Waals surface area contributed by atoms with Crippen molar-refractivity contribution < 1.29 is 14.3 Å². The van der Waals surface area contributed by atoms with Crippen LogP contribution in [0.3, 0.4) is 0 Å². The van der Waals surface area contributed by atoms with E-state index in [9.17, 15) is 9.59 Å². The number of carbonyl (C=O) groups excluding carboxylic acids is 2. The van der Waals surface area contributed by atoms with Crippen molar-refractivity contribution in [2.45, 2.75) is 26.3 Å². The van der Waals surface area contributed by atoms with E-state index in [0.29, 0.717) is 5.56 Å². The van der Waals surface area contributed by atoms with E-state index in [2.05, 4.69) is 24.9 Å². The van der Waals surface area contributed by atoms with Gasteiger partial charge in [-0.25, -0.2) is 0 Å². The highest BCUT2D eigenvalue weighted by molar-refractivity contribution is 6.11. The number of anilines is 1. The number of hydrogen-bond donors (Lipinski definition) is 0. The smallest absolute Gasteiger partial charge is 0.259 e. The van der Waals surface area contributed by atoms with Gasteiger partial charge in [0.2, 0.25) is 5.91 Å². The van der Waals surface area contributed by atoms with Crippen LogP contribution in [0, 0.1) is 13.8 Å². The number of benzene rings is 2. The second-order valence-electron chi connectivity index (χ2n) is 8.30. The quantitative estimate of drug-likeness (QED) is 0.781. The molecule has 0 aliphatic carbocycles. The van der Waals surface area contributed by atoms with Crippen LogP contribution in [-0.4, -0.2) is 62.0 Å². The van der Waals surface area contributed by atoms with E-state index in [4.69, 9.17) is 4.74 Å². The molecule has 1 saturated heterocycles. The fraction of sp³-hybridized carbons (Fsp3) is 0.417. The summed E-state index contributed by atoms with van der Waals surface area (Å²) in [6, 6.07) is 11.2. The third kappa shape index (κ3) is 3.67. The maximum absolute atomic E-state index is 13.4. The first kappa shape index (κ1) is 20.4. The Morgan fingerprint density at radius 2 is 1.67 bits per heavy atom. The minimum absolute atomic E-state index is 0.0468. The molecule has 2 aromatic rings. The minimum Gasteiger partial charge on any atom is -0.497 e. The Hall–Kier alpha value is -2.86. The SMILES string of the molecule is COc1ccc(N2C(=O)c3cc(C)c(C)cc3C2CC(=O)N2CCN(C)CC2)cc1. The van der Waals surface area contributed by atoms with E-state index in [1.165, 1.54) is 0 Å². The van der Waals surface area contributed by atoms with Gasteiger partial charge in [0, 0.05) is 37.4 Å². The second kappa shape index (κ2) is 8.11. The Morgan fingerprint density at radius 3 is 2.30 bits per heavy atom. The van der Waals surface area contributed by atoms with Crippen molar-refractivity contribution in [2.24, 2.45) is 0 Å². The fourth-order valence-corrected chi connectivity index (χ4v) is 4.30. The lowest BCUT2D eigenvalue weighted by molar-refractivity contribution is -0.133. The summed E-state index contributed by atoms with van der Waals surface area (Å²) in [5, 5.41) is 0. The van der Waals surface area contributed by atoms with Crippen LogP contribution in [0.1, 0.15) is 39.5 Å². The van der Waals surface area contributed by atoms with Crippen LogP contribution in [0.25, 0.3) is 0 Å². The van der Waals surface area contributed by atoms with Crippen molar-refractivity contribution in [1.82, 2.24) is 9.80 Å². The van der Waals surface area contributed by atoms with Crippen LogP contribution >= 0.6 is 0 Å². The van der Waals surface area contributed by atoms with Crippen LogP contribution < -0.4 is 9.64 Å². The molecular weight excluding hydrogens is 378 g/mol. The first-order chi connectivity index (χ1) is 14.4. The van der Waals surface area contributed by atoms with Crippen molar-refractivity contribution in [2.75, 3.05) is 45.2 Å². The highest BCUT2D eigenvalue weighted by atomic mass is 16.5. The van der Waals surface area contributed by atoms with Gasteiger partial charge >= 0.3 is 0 Å². The van der Waals surface area contributed by atoms with Gasteiger partial charge in [0.1, 0.15) is 5.75 Å². The first-order valence-corrected chi connectivity index (χ1v) is 10.4. The molecule has 0 spiro atoms. The van der Waals surface area contributed by atoms with Gasteiger partial charge < -0.3 is 19.4 Å².